The molecule has 1 atom stereocenters. The highest BCUT2D eigenvalue weighted by Crippen LogP contribution is 2.32. The first-order chi connectivity index (χ1) is 14.1. The van der Waals surface area contributed by atoms with E-state index in [2.05, 4.69) is 0 Å². The zero-order valence-corrected chi connectivity index (χ0v) is 19.3. The van der Waals surface area contributed by atoms with E-state index in [1.165, 1.54) is 23.5 Å². The van der Waals surface area contributed by atoms with Crippen molar-refractivity contribution in [3.63, 3.8) is 0 Å². The predicted octanol–water partition coefficient (Wildman–Crippen LogP) is 4.03. The van der Waals surface area contributed by atoms with Gasteiger partial charge in [0.15, 0.2) is 0 Å². The summed E-state index contributed by atoms with van der Waals surface area (Å²) in [5, 5.41) is 0.313. The van der Waals surface area contributed by atoms with Crippen LogP contribution in [0.2, 0.25) is 5.02 Å². The van der Waals surface area contributed by atoms with Crippen molar-refractivity contribution in [2.24, 2.45) is 5.92 Å². The maximum absolute atomic E-state index is 13.3. The highest BCUT2D eigenvalue weighted by Gasteiger charge is 2.36. The number of carbonyl (C=O) groups excluding carboxylic acids is 1. The van der Waals surface area contributed by atoms with Gasteiger partial charge in [0, 0.05) is 30.8 Å². The molecule has 0 bridgehead atoms. The minimum Gasteiger partial charge on any atom is -0.495 e. The van der Waals surface area contributed by atoms with Gasteiger partial charge in [0.2, 0.25) is 15.9 Å². The molecule has 1 aliphatic rings. The van der Waals surface area contributed by atoms with Crippen molar-refractivity contribution in [3.05, 3.63) is 52.5 Å². The Hall–Kier alpha value is -2.09. The summed E-state index contributed by atoms with van der Waals surface area (Å²) in [4.78, 5) is 14.8. The molecule has 0 aromatic heterocycles. The molecule has 6 nitrogen and oxygen atoms in total. The van der Waals surface area contributed by atoms with Crippen LogP contribution in [0.5, 0.6) is 5.75 Å². The van der Waals surface area contributed by atoms with E-state index < -0.39 is 15.9 Å². The Morgan fingerprint density at radius 2 is 1.90 bits per heavy atom. The molecule has 1 fully saturated rings. The highest BCUT2D eigenvalue weighted by atomic mass is 35.5. The highest BCUT2D eigenvalue weighted by molar-refractivity contribution is 7.89. The normalized spacial score (nSPS) is 17.6. The molecule has 30 heavy (non-hydrogen) atoms. The molecular formula is C22H27ClN2O4S. The summed E-state index contributed by atoms with van der Waals surface area (Å²) in [6.07, 6.45) is 1.26. The summed E-state index contributed by atoms with van der Waals surface area (Å²) in [6, 6.07) is 10.4. The summed E-state index contributed by atoms with van der Waals surface area (Å²) in [5.41, 5.74) is 3.07. The maximum atomic E-state index is 13.3. The van der Waals surface area contributed by atoms with Gasteiger partial charge in [0.1, 0.15) is 10.6 Å². The molecular weight excluding hydrogens is 424 g/mol. The van der Waals surface area contributed by atoms with Crippen LogP contribution in [0, 0.1) is 19.8 Å². The van der Waals surface area contributed by atoms with Crippen molar-refractivity contribution in [1.82, 2.24) is 4.31 Å². The third kappa shape index (κ3) is 4.48. The topological polar surface area (TPSA) is 66.9 Å². The van der Waals surface area contributed by atoms with Crippen LogP contribution < -0.4 is 9.64 Å². The fourth-order valence-corrected chi connectivity index (χ4v) is 5.63. The number of carbonyl (C=O) groups is 1. The van der Waals surface area contributed by atoms with Crippen LogP contribution in [0.15, 0.2) is 41.3 Å². The number of rotatable bonds is 5. The van der Waals surface area contributed by atoms with E-state index in [0.717, 1.165) is 16.8 Å². The number of benzene rings is 2. The molecule has 162 valence electrons. The Labute approximate surface area is 183 Å². The zero-order chi connectivity index (χ0) is 22.1. The van der Waals surface area contributed by atoms with E-state index in [0.29, 0.717) is 24.4 Å². The van der Waals surface area contributed by atoms with Crippen LogP contribution in [0.4, 0.5) is 5.69 Å². The molecule has 3 rings (SSSR count). The van der Waals surface area contributed by atoms with Crippen molar-refractivity contribution in [2.75, 3.05) is 32.1 Å². The standard InChI is InChI=1S/C22H27ClN2O4S/c1-15-7-9-19(12-16(15)2)24(3)22(26)17-6-5-11-25(14-17)30(27,28)21-13-18(23)8-10-20(21)29-4/h7-10,12-13,17H,5-6,11,14H2,1-4H3. The van der Waals surface area contributed by atoms with Gasteiger partial charge in [0.25, 0.3) is 0 Å². The van der Waals surface area contributed by atoms with Crippen LogP contribution in [-0.4, -0.2) is 45.9 Å². The third-order valence-electron chi connectivity index (χ3n) is 5.69. The van der Waals surface area contributed by atoms with Gasteiger partial charge in [-0.3, -0.25) is 4.79 Å². The first-order valence-electron chi connectivity index (χ1n) is 9.83. The van der Waals surface area contributed by atoms with Crippen LogP contribution in [0.25, 0.3) is 0 Å². The molecule has 1 saturated heterocycles. The van der Waals surface area contributed by atoms with Gasteiger partial charge in [0.05, 0.1) is 13.0 Å². The van der Waals surface area contributed by atoms with E-state index in [1.54, 1.807) is 18.0 Å². The maximum Gasteiger partial charge on any atom is 0.246 e. The average Bonchev–Trinajstić information content (AvgIpc) is 2.74. The Bertz CT molecular complexity index is 1060. The van der Waals surface area contributed by atoms with Crippen molar-refractivity contribution in [2.45, 2.75) is 31.6 Å². The molecule has 2 aromatic carbocycles. The molecule has 1 aliphatic heterocycles. The van der Waals surface area contributed by atoms with Crippen LogP contribution >= 0.6 is 11.6 Å². The predicted molar refractivity (Wildman–Crippen MR) is 119 cm³/mol. The third-order valence-corrected chi connectivity index (χ3v) is 7.81. The molecule has 0 N–H and O–H groups in total. The lowest BCUT2D eigenvalue weighted by Gasteiger charge is -2.33. The first-order valence-corrected chi connectivity index (χ1v) is 11.7. The lowest BCUT2D eigenvalue weighted by Crippen LogP contribution is -2.46. The number of halogens is 1. The van der Waals surface area contributed by atoms with Crippen LogP contribution in [-0.2, 0) is 14.8 Å². The average molecular weight is 451 g/mol. The molecule has 0 aliphatic carbocycles. The molecule has 1 unspecified atom stereocenters. The van der Waals surface area contributed by atoms with Crippen LogP contribution in [0.3, 0.4) is 0 Å². The van der Waals surface area contributed by atoms with Gasteiger partial charge in [-0.1, -0.05) is 17.7 Å². The molecule has 0 radical (unpaired) electrons. The zero-order valence-electron chi connectivity index (χ0n) is 17.7. The summed E-state index contributed by atoms with van der Waals surface area (Å²) >= 11 is 6.03. The molecule has 8 heteroatoms. The van der Waals surface area contributed by atoms with Gasteiger partial charge >= 0.3 is 0 Å². The summed E-state index contributed by atoms with van der Waals surface area (Å²) in [7, 11) is -0.687. The second-order valence-corrected chi connectivity index (χ2v) is 10.0. The lowest BCUT2D eigenvalue weighted by atomic mass is 9.98. The van der Waals surface area contributed by atoms with E-state index >= 15 is 0 Å². The number of methoxy groups -OCH3 is 1. The second-order valence-electron chi connectivity index (χ2n) is 7.66. The molecule has 1 amide bonds. The van der Waals surface area contributed by atoms with E-state index in [1.807, 2.05) is 32.0 Å². The van der Waals surface area contributed by atoms with Crippen molar-refractivity contribution >= 4 is 33.2 Å². The first kappa shape index (κ1) is 22.6. The number of aryl methyl sites for hydroxylation is 2. The number of piperidine rings is 1. The number of sulfonamides is 1. The largest absolute Gasteiger partial charge is 0.495 e. The molecule has 0 saturated carbocycles. The SMILES string of the molecule is COc1ccc(Cl)cc1S(=O)(=O)N1CCCC(C(=O)N(C)c2ccc(C)c(C)c2)C1. The number of ether oxygens (including phenoxy) is 1. The van der Waals surface area contributed by atoms with E-state index in [-0.39, 0.29) is 23.1 Å². The Kier molecular flexibility index (Phi) is 6.75. The van der Waals surface area contributed by atoms with E-state index in [4.69, 9.17) is 16.3 Å². The van der Waals surface area contributed by atoms with Crippen molar-refractivity contribution < 1.29 is 17.9 Å². The number of hydrogen-bond acceptors (Lipinski definition) is 4. The second kappa shape index (κ2) is 8.96. The van der Waals surface area contributed by atoms with Gasteiger partial charge in [-0.2, -0.15) is 4.31 Å². The fourth-order valence-electron chi connectivity index (χ4n) is 3.69. The van der Waals surface area contributed by atoms with Gasteiger partial charge < -0.3 is 9.64 Å². The Morgan fingerprint density at radius 3 is 2.57 bits per heavy atom. The minimum atomic E-state index is -3.84. The minimum absolute atomic E-state index is 0.0214. The van der Waals surface area contributed by atoms with Gasteiger partial charge in [-0.25, -0.2) is 8.42 Å². The summed E-state index contributed by atoms with van der Waals surface area (Å²) in [6.45, 7) is 4.51. The Balaban J connectivity index is 1.83. The lowest BCUT2D eigenvalue weighted by molar-refractivity contribution is -0.123. The molecule has 0 spiro atoms. The van der Waals surface area contributed by atoms with Gasteiger partial charge in [-0.05, 0) is 68.1 Å². The van der Waals surface area contributed by atoms with Gasteiger partial charge in [-0.15, -0.1) is 0 Å². The number of anilines is 1. The van der Waals surface area contributed by atoms with Crippen molar-refractivity contribution in [3.8, 4) is 5.75 Å². The van der Waals surface area contributed by atoms with E-state index in [9.17, 15) is 13.2 Å². The smallest absolute Gasteiger partial charge is 0.246 e. The quantitative estimate of drug-likeness (QED) is 0.689. The molecule has 1 heterocycles. The fraction of sp³-hybridized carbons (Fsp3) is 0.409. The summed E-state index contributed by atoms with van der Waals surface area (Å²) < 4.78 is 33.1. The monoisotopic (exact) mass is 450 g/mol. The van der Waals surface area contributed by atoms with Crippen LogP contribution in [0.1, 0.15) is 24.0 Å². The number of nitrogens with zero attached hydrogens (tertiary/aromatic N) is 2. The Morgan fingerprint density at radius 1 is 1.17 bits per heavy atom. The summed E-state index contributed by atoms with van der Waals surface area (Å²) in [5.74, 6) is -0.262. The number of hydrogen-bond donors (Lipinski definition) is 0. The molecule has 2 aromatic rings. The van der Waals surface area contributed by atoms with Crippen molar-refractivity contribution in [1.29, 1.82) is 0 Å². The number of amides is 1.